The van der Waals surface area contributed by atoms with Crippen molar-refractivity contribution in [1.29, 1.82) is 0 Å². The van der Waals surface area contributed by atoms with Crippen molar-refractivity contribution in [3.05, 3.63) is 42.2 Å². The SMILES string of the molecule is CNC(=O)c1cc(Oc2ccc3nc(NC(C)C4CC5CC[C@@H]4C5)sc3c2)ccn1. The molecule has 5 rings (SSSR count). The number of nitrogens with one attached hydrogen (secondary N) is 2. The molecule has 1 aromatic carbocycles. The lowest BCUT2D eigenvalue weighted by atomic mass is 9.84. The third-order valence-corrected chi connectivity index (χ3v) is 7.52. The summed E-state index contributed by atoms with van der Waals surface area (Å²) in [5, 5.41) is 7.22. The van der Waals surface area contributed by atoms with Crippen LogP contribution in [-0.4, -0.2) is 29.0 Å². The van der Waals surface area contributed by atoms with E-state index in [0.717, 1.165) is 33.1 Å². The van der Waals surface area contributed by atoms with Gasteiger partial charge in [0.05, 0.1) is 10.2 Å². The number of anilines is 1. The van der Waals surface area contributed by atoms with E-state index < -0.39 is 0 Å². The summed E-state index contributed by atoms with van der Waals surface area (Å²) in [4.78, 5) is 20.6. The maximum Gasteiger partial charge on any atom is 0.269 e. The summed E-state index contributed by atoms with van der Waals surface area (Å²) in [5.41, 5.74) is 1.30. The second kappa shape index (κ2) is 7.87. The third-order valence-electron chi connectivity index (χ3n) is 6.57. The van der Waals surface area contributed by atoms with Crippen molar-refractivity contribution in [3.63, 3.8) is 0 Å². The van der Waals surface area contributed by atoms with Gasteiger partial charge >= 0.3 is 0 Å². The Hall–Kier alpha value is -2.67. The van der Waals surface area contributed by atoms with Gasteiger partial charge in [-0.05, 0) is 62.1 Å². The minimum atomic E-state index is -0.237. The van der Waals surface area contributed by atoms with Gasteiger partial charge in [0.25, 0.3) is 5.91 Å². The number of carbonyl (C=O) groups is 1. The Balaban J connectivity index is 1.30. The highest BCUT2D eigenvalue weighted by atomic mass is 32.1. The van der Waals surface area contributed by atoms with Crippen molar-refractivity contribution >= 4 is 32.6 Å². The van der Waals surface area contributed by atoms with Crippen molar-refractivity contribution < 1.29 is 9.53 Å². The Labute approximate surface area is 180 Å². The predicted octanol–water partition coefficient (Wildman–Crippen LogP) is 5.08. The molecule has 0 spiro atoms. The largest absolute Gasteiger partial charge is 0.457 e. The average Bonchev–Trinajstić information content (AvgIpc) is 3.48. The Bertz CT molecular complexity index is 1080. The van der Waals surface area contributed by atoms with Crippen LogP contribution in [0.5, 0.6) is 11.5 Å². The van der Waals surface area contributed by atoms with Gasteiger partial charge in [-0.15, -0.1) is 0 Å². The molecule has 2 aromatic heterocycles. The molecule has 0 radical (unpaired) electrons. The Morgan fingerprint density at radius 3 is 2.83 bits per heavy atom. The zero-order valence-corrected chi connectivity index (χ0v) is 18.0. The van der Waals surface area contributed by atoms with E-state index in [4.69, 9.17) is 9.72 Å². The molecule has 2 bridgehead atoms. The number of rotatable bonds is 6. The van der Waals surface area contributed by atoms with E-state index in [1.807, 2.05) is 18.2 Å². The standard InChI is InChI=1S/C23H26N4O2S/c1-13(18-10-14-3-4-15(18)9-14)26-23-27-19-6-5-16(12-21(19)30-23)29-17-7-8-25-20(11-17)22(28)24-2/h5-8,11-15,18H,3-4,9-10H2,1-2H3,(H,24,28)(H,26,27)/t13?,14?,15-,18?/m1/s1. The molecule has 2 N–H and O–H groups in total. The van der Waals surface area contributed by atoms with Crippen molar-refractivity contribution in [1.82, 2.24) is 15.3 Å². The Morgan fingerprint density at radius 1 is 1.20 bits per heavy atom. The Morgan fingerprint density at radius 2 is 2.07 bits per heavy atom. The molecular formula is C23H26N4O2S. The summed E-state index contributed by atoms with van der Waals surface area (Å²) in [6.45, 7) is 2.31. The highest BCUT2D eigenvalue weighted by Gasteiger charge is 2.41. The summed E-state index contributed by atoms with van der Waals surface area (Å²) in [6, 6.07) is 9.73. The first kappa shape index (κ1) is 19.3. The van der Waals surface area contributed by atoms with E-state index in [0.29, 0.717) is 23.2 Å². The molecule has 3 unspecified atom stereocenters. The molecule has 7 heteroatoms. The quantitative estimate of drug-likeness (QED) is 0.579. The summed E-state index contributed by atoms with van der Waals surface area (Å²) >= 11 is 1.66. The number of aromatic nitrogens is 2. The van der Waals surface area contributed by atoms with Crippen LogP contribution < -0.4 is 15.4 Å². The molecule has 2 fully saturated rings. The number of hydrogen-bond donors (Lipinski definition) is 2. The molecule has 156 valence electrons. The van der Waals surface area contributed by atoms with E-state index in [9.17, 15) is 4.79 Å². The van der Waals surface area contributed by atoms with Gasteiger partial charge in [-0.25, -0.2) is 4.98 Å². The van der Waals surface area contributed by atoms with Crippen LogP contribution in [-0.2, 0) is 0 Å². The first-order valence-electron chi connectivity index (χ1n) is 10.6. The van der Waals surface area contributed by atoms with Gasteiger partial charge in [0, 0.05) is 31.4 Å². The fourth-order valence-electron chi connectivity index (χ4n) is 5.10. The first-order chi connectivity index (χ1) is 14.6. The van der Waals surface area contributed by atoms with Gasteiger partial charge in [-0.3, -0.25) is 9.78 Å². The number of pyridine rings is 1. The number of benzene rings is 1. The molecule has 2 aliphatic carbocycles. The maximum absolute atomic E-state index is 11.8. The lowest BCUT2D eigenvalue weighted by Gasteiger charge is -2.28. The minimum Gasteiger partial charge on any atom is -0.457 e. The average molecular weight is 423 g/mol. The summed E-state index contributed by atoms with van der Waals surface area (Å²) in [5.74, 6) is 3.68. The van der Waals surface area contributed by atoms with Gasteiger partial charge in [-0.1, -0.05) is 17.8 Å². The highest BCUT2D eigenvalue weighted by molar-refractivity contribution is 7.22. The number of amides is 1. The fraction of sp³-hybridized carbons (Fsp3) is 0.435. The van der Waals surface area contributed by atoms with Crippen LogP contribution >= 0.6 is 11.3 Å². The van der Waals surface area contributed by atoms with Crippen molar-refractivity contribution in [2.45, 2.75) is 38.6 Å². The van der Waals surface area contributed by atoms with E-state index in [2.05, 4.69) is 22.5 Å². The summed E-state index contributed by atoms with van der Waals surface area (Å²) < 4.78 is 7.04. The maximum atomic E-state index is 11.8. The zero-order chi connectivity index (χ0) is 20.7. The number of hydrogen-bond acceptors (Lipinski definition) is 6. The van der Waals surface area contributed by atoms with Gasteiger partial charge in [0.1, 0.15) is 17.2 Å². The van der Waals surface area contributed by atoms with Crippen LogP contribution in [0.4, 0.5) is 5.13 Å². The smallest absolute Gasteiger partial charge is 0.269 e. The third kappa shape index (κ3) is 3.74. The predicted molar refractivity (Wildman–Crippen MR) is 119 cm³/mol. The molecule has 6 nitrogen and oxygen atoms in total. The van der Waals surface area contributed by atoms with E-state index in [1.54, 1.807) is 36.7 Å². The summed E-state index contributed by atoms with van der Waals surface area (Å²) in [7, 11) is 1.58. The van der Waals surface area contributed by atoms with Gasteiger partial charge in [0.15, 0.2) is 5.13 Å². The number of nitrogens with zero attached hydrogens (tertiary/aromatic N) is 2. The van der Waals surface area contributed by atoms with Crippen LogP contribution in [0.1, 0.15) is 43.1 Å². The number of fused-ring (bicyclic) bond motifs is 3. The molecular weight excluding hydrogens is 396 g/mol. The van der Waals surface area contributed by atoms with Crippen LogP contribution in [0.2, 0.25) is 0 Å². The lowest BCUT2D eigenvalue weighted by molar-refractivity contribution is 0.0958. The molecule has 4 atom stereocenters. The van der Waals surface area contributed by atoms with Crippen molar-refractivity contribution in [3.8, 4) is 11.5 Å². The highest BCUT2D eigenvalue weighted by Crippen LogP contribution is 2.50. The molecule has 30 heavy (non-hydrogen) atoms. The van der Waals surface area contributed by atoms with Crippen LogP contribution in [0.3, 0.4) is 0 Å². The monoisotopic (exact) mass is 422 g/mol. The Kier molecular flexibility index (Phi) is 5.06. The molecule has 0 aliphatic heterocycles. The second-order valence-electron chi connectivity index (χ2n) is 8.48. The van der Waals surface area contributed by atoms with Gasteiger partial charge < -0.3 is 15.4 Å². The number of thiazole rings is 1. The van der Waals surface area contributed by atoms with Crippen LogP contribution in [0.15, 0.2) is 36.5 Å². The molecule has 2 saturated carbocycles. The summed E-state index contributed by atoms with van der Waals surface area (Å²) in [6.07, 6.45) is 7.20. The zero-order valence-electron chi connectivity index (χ0n) is 17.2. The van der Waals surface area contributed by atoms with Crippen molar-refractivity contribution in [2.75, 3.05) is 12.4 Å². The molecule has 0 saturated heterocycles. The number of carbonyl (C=O) groups excluding carboxylic acids is 1. The first-order valence-corrected chi connectivity index (χ1v) is 11.4. The van der Waals surface area contributed by atoms with Gasteiger partial charge in [-0.2, -0.15) is 0 Å². The van der Waals surface area contributed by atoms with Gasteiger partial charge in [0.2, 0.25) is 0 Å². The molecule has 1 amide bonds. The fourth-order valence-corrected chi connectivity index (χ4v) is 6.09. The normalized spacial score (nSPS) is 23.5. The lowest BCUT2D eigenvalue weighted by Crippen LogP contribution is -2.29. The minimum absolute atomic E-state index is 0.237. The number of ether oxygens (including phenoxy) is 1. The topological polar surface area (TPSA) is 76.1 Å². The van der Waals surface area contributed by atoms with E-state index in [-0.39, 0.29) is 5.91 Å². The molecule has 2 aliphatic rings. The van der Waals surface area contributed by atoms with Crippen LogP contribution in [0, 0.1) is 17.8 Å². The second-order valence-corrected chi connectivity index (χ2v) is 9.51. The van der Waals surface area contributed by atoms with E-state index >= 15 is 0 Å². The van der Waals surface area contributed by atoms with Crippen LogP contribution in [0.25, 0.3) is 10.2 Å². The molecule has 3 aromatic rings. The van der Waals surface area contributed by atoms with Crippen molar-refractivity contribution in [2.24, 2.45) is 17.8 Å². The molecule has 2 heterocycles. The van der Waals surface area contributed by atoms with E-state index in [1.165, 1.54) is 25.7 Å².